The molecule has 4 rings (SSSR count). The van der Waals surface area contributed by atoms with Crippen molar-refractivity contribution in [1.82, 2.24) is 9.97 Å². The molecule has 0 atom stereocenters. The fourth-order valence-corrected chi connectivity index (χ4v) is 3.82. The van der Waals surface area contributed by atoms with Crippen molar-refractivity contribution in [2.75, 3.05) is 23.7 Å². The minimum Gasteiger partial charge on any atom is -0.490 e. The van der Waals surface area contributed by atoms with Crippen LogP contribution in [0.4, 0.5) is 11.8 Å². The van der Waals surface area contributed by atoms with Crippen LogP contribution >= 0.6 is 0 Å². The maximum atomic E-state index is 6.20. The summed E-state index contributed by atoms with van der Waals surface area (Å²) >= 11 is 0. The smallest absolute Gasteiger partial charge is 0.222 e. The van der Waals surface area contributed by atoms with Gasteiger partial charge in [0.25, 0.3) is 0 Å². The lowest BCUT2D eigenvalue weighted by atomic mass is 9.78. The molecule has 1 aliphatic carbocycles. The summed E-state index contributed by atoms with van der Waals surface area (Å²) < 4.78 is 6.20. The molecule has 1 aliphatic heterocycles. The summed E-state index contributed by atoms with van der Waals surface area (Å²) in [4.78, 5) is 11.2. The molecular weight excluding hydrogens is 326 g/mol. The van der Waals surface area contributed by atoms with Crippen LogP contribution in [0.2, 0.25) is 0 Å². The zero-order valence-corrected chi connectivity index (χ0v) is 15.3. The van der Waals surface area contributed by atoms with Crippen LogP contribution in [0.25, 0.3) is 0 Å². The Morgan fingerprint density at radius 2 is 1.85 bits per heavy atom. The number of aromatic nitrogens is 2. The number of nitrogens with two attached hydrogens (primary N) is 2. The third-order valence-corrected chi connectivity index (χ3v) is 5.50. The van der Waals surface area contributed by atoms with Crippen molar-refractivity contribution in [3.8, 4) is 5.75 Å². The standard InChI is InChI=1S/C20H27N5O/c1-13-4-2-3-5-18(13)26-16-6-8-25(9-7-16)19-12-17(23-20(22)24-19)14-10-15(21)11-14/h2-5,12,14-16H,6-11,21H2,1H3,(H2,22,23,24). The summed E-state index contributed by atoms with van der Waals surface area (Å²) in [5.41, 5.74) is 14.1. The molecule has 0 bridgehead atoms. The molecule has 1 aromatic heterocycles. The number of para-hydroxylation sites is 1. The van der Waals surface area contributed by atoms with Gasteiger partial charge in [-0.1, -0.05) is 18.2 Å². The Balaban J connectivity index is 1.39. The Hall–Kier alpha value is -2.34. The monoisotopic (exact) mass is 353 g/mol. The maximum Gasteiger partial charge on any atom is 0.222 e. The van der Waals surface area contributed by atoms with E-state index in [0.717, 1.165) is 56.0 Å². The Morgan fingerprint density at radius 3 is 2.54 bits per heavy atom. The summed E-state index contributed by atoms with van der Waals surface area (Å²) in [5.74, 6) is 2.70. The molecule has 4 N–H and O–H groups in total. The lowest BCUT2D eigenvalue weighted by Gasteiger charge is -2.35. The minimum atomic E-state index is 0.246. The molecule has 26 heavy (non-hydrogen) atoms. The van der Waals surface area contributed by atoms with Crippen molar-refractivity contribution >= 4 is 11.8 Å². The van der Waals surface area contributed by atoms with Gasteiger partial charge in [0.15, 0.2) is 0 Å². The van der Waals surface area contributed by atoms with Crippen LogP contribution in [0.3, 0.4) is 0 Å². The van der Waals surface area contributed by atoms with E-state index in [4.69, 9.17) is 16.2 Å². The summed E-state index contributed by atoms with van der Waals surface area (Å²) in [6.45, 7) is 3.91. The summed E-state index contributed by atoms with van der Waals surface area (Å²) in [6, 6.07) is 10.6. The van der Waals surface area contributed by atoms with Gasteiger partial charge in [-0.25, -0.2) is 4.98 Å². The number of anilines is 2. The number of rotatable bonds is 4. The van der Waals surface area contributed by atoms with E-state index < -0.39 is 0 Å². The number of piperidine rings is 1. The van der Waals surface area contributed by atoms with Gasteiger partial charge in [-0.2, -0.15) is 4.98 Å². The molecule has 1 saturated carbocycles. The second-order valence-electron chi connectivity index (χ2n) is 7.51. The highest BCUT2D eigenvalue weighted by atomic mass is 16.5. The van der Waals surface area contributed by atoms with Crippen LogP contribution in [0, 0.1) is 6.92 Å². The lowest BCUT2D eigenvalue weighted by molar-refractivity contribution is 0.169. The maximum absolute atomic E-state index is 6.20. The quantitative estimate of drug-likeness (QED) is 0.878. The van der Waals surface area contributed by atoms with Gasteiger partial charge >= 0.3 is 0 Å². The van der Waals surface area contributed by atoms with Crippen LogP contribution in [-0.4, -0.2) is 35.2 Å². The van der Waals surface area contributed by atoms with Crippen LogP contribution in [0.15, 0.2) is 30.3 Å². The number of hydrogen-bond acceptors (Lipinski definition) is 6. The van der Waals surface area contributed by atoms with Gasteiger partial charge < -0.3 is 21.1 Å². The predicted octanol–water partition coefficient (Wildman–Crippen LogP) is 2.62. The third-order valence-electron chi connectivity index (χ3n) is 5.50. The van der Waals surface area contributed by atoms with Crippen molar-refractivity contribution in [3.63, 3.8) is 0 Å². The van der Waals surface area contributed by atoms with Gasteiger partial charge in [-0.15, -0.1) is 0 Å². The van der Waals surface area contributed by atoms with E-state index in [0.29, 0.717) is 17.9 Å². The number of ether oxygens (including phenoxy) is 1. The highest BCUT2D eigenvalue weighted by Crippen LogP contribution is 2.36. The van der Waals surface area contributed by atoms with Crippen molar-refractivity contribution in [2.24, 2.45) is 5.73 Å². The molecule has 2 aliphatic rings. The van der Waals surface area contributed by atoms with Crippen LogP contribution in [0.1, 0.15) is 42.9 Å². The first kappa shape index (κ1) is 17.1. The van der Waals surface area contributed by atoms with Gasteiger partial charge in [0.05, 0.1) is 5.69 Å². The second kappa shape index (κ2) is 7.11. The van der Waals surface area contributed by atoms with E-state index in [9.17, 15) is 0 Å². The third kappa shape index (κ3) is 3.60. The second-order valence-corrected chi connectivity index (χ2v) is 7.51. The molecular formula is C20H27N5O. The SMILES string of the molecule is Cc1ccccc1OC1CCN(c2cc(C3CC(N)C3)nc(N)n2)CC1. The summed E-state index contributed by atoms with van der Waals surface area (Å²) in [7, 11) is 0. The molecule has 0 unspecified atom stereocenters. The molecule has 6 nitrogen and oxygen atoms in total. The molecule has 2 heterocycles. The van der Waals surface area contributed by atoms with Gasteiger partial charge in [0, 0.05) is 44.0 Å². The minimum absolute atomic E-state index is 0.246. The Labute approximate surface area is 154 Å². The van der Waals surface area contributed by atoms with E-state index >= 15 is 0 Å². The predicted molar refractivity (Wildman–Crippen MR) is 103 cm³/mol. The zero-order chi connectivity index (χ0) is 18.1. The van der Waals surface area contributed by atoms with E-state index in [1.165, 1.54) is 5.56 Å². The fraction of sp³-hybridized carbons (Fsp3) is 0.500. The molecule has 0 amide bonds. The molecule has 0 spiro atoms. The van der Waals surface area contributed by atoms with Crippen molar-refractivity contribution in [3.05, 3.63) is 41.6 Å². The van der Waals surface area contributed by atoms with Gasteiger partial charge in [0.1, 0.15) is 17.7 Å². The van der Waals surface area contributed by atoms with E-state index in [-0.39, 0.29) is 6.10 Å². The van der Waals surface area contributed by atoms with E-state index in [1.807, 2.05) is 18.2 Å². The van der Waals surface area contributed by atoms with E-state index in [2.05, 4.69) is 33.9 Å². The summed E-state index contributed by atoms with van der Waals surface area (Å²) in [5, 5.41) is 0. The van der Waals surface area contributed by atoms with Gasteiger partial charge in [-0.3, -0.25) is 0 Å². The normalized spacial score (nSPS) is 23.5. The fourth-order valence-electron chi connectivity index (χ4n) is 3.82. The van der Waals surface area contributed by atoms with Crippen molar-refractivity contribution in [2.45, 2.75) is 50.7 Å². The molecule has 2 aromatic rings. The highest BCUT2D eigenvalue weighted by molar-refractivity contribution is 5.45. The first-order valence-electron chi connectivity index (χ1n) is 9.46. The molecule has 0 radical (unpaired) electrons. The Kier molecular flexibility index (Phi) is 4.68. The number of aryl methyl sites for hydroxylation is 1. The highest BCUT2D eigenvalue weighted by Gasteiger charge is 2.30. The summed E-state index contributed by atoms with van der Waals surface area (Å²) in [6.07, 6.45) is 4.17. The average Bonchev–Trinajstić information content (AvgIpc) is 2.61. The van der Waals surface area contributed by atoms with Crippen molar-refractivity contribution in [1.29, 1.82) is 0 Å². The number of benzene rings is 1. The number of nitrogen functional groups attached to an aromatic ring is 1. The van der Waals surface area contributed by atoms with Gasteiger partial charge in [0.2, 0.25) is 5.95 Å². The Morgan fingerprint density at radius 1 is 1.12 bits per heavy atom. The topological polar surface area (TPSA) is 90.3 Å². The molecule has 138 valence electrons. The first-order valence-corrected chi connectivity index (χ1v) is 9.46. The molecule has 1 aromatic carbocycles. The van der Waals surface area contributed by atoms with Crippen molar-refractivity contribution < 1.29 is 4.74 Å². The Bertz CT molecular complexity index is 767. The lowest BCUT2D eigenvalue weighted by Crippen LogP contribution is -2.39. The largest absolute Gasteiger partial charge is 0.490 e. The number of nitrogens with zero attached hydrogens (tertiary/aromatic N) is 3. The van der Waals surface area contributed by atoms with Crippen LogP contribution in [-0.2, 0) is 0 Å². The molecule has 6 heteroatoms. The first-order chi connectivity index (χ1) is 12.6. The molecule has 2 fully saturated rings. The average molecular weight is 353 g/mol. The van der Waals surface area contributed by atoms with Gasteiger partial charge in [-0.05, 0) is 31.4 Å². The number of hydrogen-bond donors (Lipinski definition) is 2. The van der Waals surface area contributed by atoms with Crippen LogP contribution in [0.5, 0.6) is 5.75 Å². The molecule has 1 saturated heterocycles. The van der Waals surface area contributed by atoms with E-state index in [1.54, 1.807) is 0 Å². The zero-order valence-electron chi connectivity index (χ0n) is 15.3. The van der Waals surface area contributed by atoms with Crippen LogP contribution < -0.4 is 21.1 Å².